The molecule has 0 radical (unpaired) electrons. The summed E-state index contributed by atoms with van der Waals surface area (Å²) in [4.78, 5) is 25.3. The van der Waals surface area contributed by atoms with E-state index in [9.17, 15) is 18.0 Å². The highest BCUT2D eigenvalue weighted by Crippen LogP contribution is 2.36. The summed E-state index contributed by atoms with van der Waals surface area (Å²) in [7, 11) is -1.77. The van der Waals surface area contributed by atoms with Gasteiger partial charge in [-0.25, -0.2) is 12.7 Å². The Labute approximate surface area is 198 Å². The Morgan fingerprint density at radius 3 is 2.53 bits per heavy atom. The highest BCUT2D eigenvalue weighted by Gasteiger charge is 2.32. The van der Waals surface area contributed by atoms with Gasteiger partial charge in [0.05, 0.1) is 24.5 Å². The first-order valence-electron chi connectivity index (χ1n) is 11.2. The summed E-state index contributed by atoms with van der Waals surface area (Å²) in [5.74, 6) is -0.970. The monoisotopic (exact) mass is 488 g/mol. The summed E-state index contributed by atoms with van der Waals surface area (Å²) in [5, 5.41) is 4.55. The number of benzene rings is 2. The first-order valence-corrected chi connectivity index (χ1v) is 12.8. The Morgan fingerprint density at radius 2 is 1.85 bits per heavy atom. The van der Waals surface area contributed by atoms with Gasteiger partial charge >= 0.3 is 5.97 Å². The number of methoxy groups -OCH3 is 1. The fraction of sp³-hybridized carbons (Fsp3) is 0.417. The minimum absolute atomic E-state index is 0.0304. The molecule has 9 nitrogen and oxygen atoms in total. The Balaban J connectivity index is 1.41. The van der Waals surface area contributed by atoms with Crippen molar-refractivity contribution in [2.45, 2.75) is 32.8 Å². The van der Waals surface area contributed by atoms with E-state index in [-0.39, 0.29) is 18.8 Å². The highest BCUT2D eigenvalue weighted by atomic mass is 32.2. The number of carbonyl (C=O) groups is 2. The number of furan rings is 1. The number of amides is 1. The van der Waals surface area contributed by atoms with Crippen LogP contribution in [-0.2, 0) is 24.3 Å². The second-order valence-corrected chi connectivity index (χ2v) is 10.5. The fourth-order valence-corrected chi connectivity index (χ4v) is 5.26. The number of fused-ring (bicyclic) bond motifs is 3. The molecule has 0 spiro atoms. The van der Waals surface area contributed by atoms with Crippen LogP contribution in [0.2, 0.25) is 0 Å². The van der Waals surface area contributed by atoms with Crippen molar-refractivity contribution in [3.63, 3.8) is 0 Å². The third-order valence-corrected chi connectivity index (χ3v) is 8.05. The van der Waals surface area contributed by atoms with Crippen molar-refractivity contribution >= 4 is 49.5 Å². The average Bonchev–Trinajstić information content (AvgIpc) is 3.20. The van der Waals surface area contributed by atoms with Gasteiger partial charge < -0.3 is 19.2 Å². The van der Waals surface area contributed by atoms with E-state index in [2.05, 4.69) is 5.32 Å². The number of ether oxygens (including phenoxy) is 2. The summed E-state index contributed by atoms with van der Waals surface area (Å²) in [6, 6.07) is 11.1. The zero-order valence-electron chi connectivity index (χ0n) is 19.4. The van der Waals surface area contributed by atoms with Crippen LogP contribution in [0.1, 0.15) is 26.7 Å². The number of anilines is 1. The highest BCUT2D eigenvalue weighted by molar-refractivity contribution is 7.89. The molecule has 2 heterocycles. The van der Waals surface area contributed by atoms with E-state index < -0.39 is 33.9 Å². The number of hydrogen-bond donors (Lipinski definition) is 1. The average molecular weight is 489 g/mol. The molecule has 1 saturated heterocycles. The van der Waals surface area contributed by atoms with Crippen LogP contribution >= 0.6 is 0 Å². The van der Waals surface area contributed by atoms with Gasteiger partial charge in [0, 0.05) is 29.9 Å². The first-order chi connectivity index (χ1) is 16.2. The normalized spacial score (nSPS) is 16.4. The predicted octanol–water partition coefficient (Wildman–Crippen LogP) is 3.53. The van der Waals surface area contributed by atoms with Crippen molar-refractivity contribution in [1.29, 1.82) is 0 Å². The minimum Gasteiger partial charge on any atom is -0.495 e. The lowest BCUT2D eigenvalue weighted by molar-refractivity contribution is -0.158. The summed E-state index contributed by atoms with van der Waals surface area (Å²) < 4.78 is 42.1. The largest absolute Gasteiger partial charge is 0.495 e. The van der Waals surface area contributed by atoms with Crippen LogP contribution in [0.5, 0.6) is 5.75 Å². The van der Waals surface area contributed by atoms with Crippen LogP contribution < -0.4 is 10.1 Å². The summed E-state index contributed by atoms with van der Waals surface area (Å²) >= 11 is 0. The molecular formula is C24H28N2O7S. The SMILES string of the molecule is CCS(=O)(=O)N1CCC(C(=O)O[C@@H](C)C(=O)Nc2cc3oc4ccccc4c3cc2OC)CC1. The topological polar surface area (TPSA) is 115 Å². The predicted molar refractivity (Wildman–Crippen MR) is 128 cm³/mol. The molecule has 0 aliphatic carbocycles. The molecule has 34 heavy (non-hydrogen) atoms. The van der Waals surface area contributed by atoms with Crippen LogP contribution in [0.4, 0.5) is 5.69 Å². The van der Waals surface area contributed by atoms with Crippen molar-refractivity contribution in [2.75, 3.05) is 31.3 Å². The van der Waals surface area contributed by atoms with Crippen molar-refractivity contribution < 1.29 is 31.9 Å². The van der Waals surface area contributed by atoms with Crippen molar-refractivity contribution in [3.05, 3.63) is 36.4 Å². The first kappa shape index (κ1) is 24.0. The number of rotatable bonds is 7. The van der Waals surface area contributed by atoms with E-state index in [4.69, 9.17) is 13.9 Å². The molecule has 1 aromatic heterocycles. The Bertz CT molecular complexity index is 1320. The van der Waals surface area contributed by atoms with Gasteiger partial charge in [0.15, 0.2) is 6.10 Å². The number of hydrogen-bond acceptors (Lipinski definition) is 7. The van der Waals surface area contributed by atoms with Crippen molar-refractivity contribution in [3.8, 4) is 5.75 Å². The van der Waals surface area contributed by atoms with Gasteiger partial charge in [0.1, 0.15) is 16.9 Å². The molecule has 2 aromatic carbocycles. The standard InChI is InChI=1S/C24H28N2O7S/c1-4-34(29,30)26-11-9-16(10-12-26)24(28)32-15(2)23(27)25-19-14-21-18(13-22(19)31-3)17-7-5-6-8-20(17)33-21/h5-8,13-16H,4,9-12H2,1-3H3,(H,25,27)/t15-/m0/s1. The minimum atomic E-state index is -3.27. The number of nitrogens with zero attached hydrogens (tertiary/aromatic N) is 1. The third kappa shape index (κ3) is 4.74. The molecule has 182 valence electrons. The molecule has 0 unspecified atom stereocenters. The molecule has 4 rings (SSSR count). The Morgan fingerprint density at radius 1 is 1.15 bits per heavy atom. The molecule has 1 aliphatic heterocycles. The Kier molecular flexibility index (Phi) is 6.81. The maximum atomic E-state index is 12.8. The van der Waals surface area contributed by atoms with E-state index in [0.717, 1.165) is 16.4 Å². The number of nitrogens with one attached hydrogen (secondary N) is 1. The molecule has 1 fully saturated rings. The maximum Gasteiger partial charge on any atom is 0.309 e. The lowest BCUT2D eigenvalue weighted by atomic mass is 9.98. The lowest BCUT2D eigenvalue weighted by Crippen LogP contribution is -2.42. The zero-order valence-corrected chi connectivity index (χ0v) is 20.2. The van der Waals surface area contributed by atoms with Gasteiger partial charge in [-0.3, -0.25) is 9.59 Å². The van der Waals surface area contributed by atoms with Crippen LogP contribution in [0.3, 0.4) is 0 Å². The quantitative estimate of drug-likeness (QED) is 0.506. The van der Waals surface area contributed by atoms with Gasteiger partial charge in [-0.15, -0.1) is 0 Å². The molecule has 0 saturated carbocycles. The molecule has 10 heteroatoms. The van der Waals surface area contributed by atoms with Crippen LogP contribution in [-0.4, -0.2) is 56.7 Å². The number of piperidine rings is 1. The van der Waals surface area contributed by atoms with E-state index in [1.165, 1.54) is 18.3 Å². The second kappa shape index (κ2) is 9.63. The van der Waals surface area contributed by atoms with Gasteiger partial charge in [-0.2, -0.15) is 0 Å². The smallest absolute Gasteiger partial charge is 0.309 e. The second-order valence-electron chi connectivity index (χ2n) is 8.29. The van der Waals surface area contributed by atoms with E-state index >= 15 is 0 Å². The fourth-order valence-electron chi connectivity index (χ4n) is 4.13. The van der Waals surface area contributed by atoms with Gasteiger partial charge in [-0.1, -0.05) is 18.2 Å². The number of esters is 1. The lowest BCUT2D eigenvalue weighted by Gasteiger charge is -2.30. The number of para-hydroxylation sites is 1. The summed E-state index contributed by atoms with van der Waals surface area (Å²) in [6.07, 6.45) is -0.313. The van der Waals surface area contributed by atoms with E-state index in [1.54, 1.807) is 19.1 Å². The third-order valence-electron chi connectivity index (χ3n) is 6.16. The number of carbonyl (C=O) groups excluding carboxylic acids is 2. The van der Waals surface area contributed by atoms with Gasteiger partial charge in [0.2, 0.25) is 10.0 Å². The molecule has 1 amide bonds. The zero-order chi connectivity index (χ0) is 24.5. The van der Waals surface area contributed by atoms with Gasteiger partial charge in [0.25, 0.3) is 5.91 Å². The van der Waals surface area contributed by atoms with Crippen LogP contribution in [0.15, 0.2) is 40.8 Å². The Hall–Kier alpha value is -3.11. The molecule has 1 aliphatic rings. The molecule has 0 bridgehead atoms. The van der Waals surface area contributed by atoms with Gasteiger partial charge in [-0.05, 0) is 38.8 Å². The van der Waals surface area contributed by atoms with Crippen LogP contribution in [0.25, 0.3) is 21.9 Å². The molecule has 1 atom stereocenters. The summed E-state index contributed by atoms with van der Waals surface area (Å²) in [5.41, 5.74) is 1.72. The van der Waals surface area contributed by atoms with E-state index in [1.807, 2.05) is 24.3 Å². The maximum absolute atomic E-state index is 12.8. The van der Waals surface area contributed by atoms with E-state index in [0.29, 0.717) is 29.9 Å². The van der Waals surface area contributed by atoms with Crippen molar-refractivity contribution in [1.82, 2.24) is 4.31 Å². The molecule has 3 aromatic rings. The molecular weight excluding hydrogens is 460 g/mol. The summed E-state index contributed by atoms with van der Waals surface area (Å²) in [6.45, 7) is 3.63. The molecule has 1 N–H and O–H groups in total. The van der Waals surface area contributed by atoms with Crippen LogP contribution in [0, 0.1) is 5.92 Å². The van der Waals surface area contributed by atoms with Crippen molar-refractivity contribution in [2.24, 2.45) is 5.92 Å². The number of sulfonamides is 1.